The number of carbonyl (C=O) groups is 2. The van der Waals surface area contributed by atoms with Gasteiger partial charge in [0.25, 0.3) is 5.91 Å². The van der Waals surface area contributed by atoms with Gasteiger partial charge in [0.05, 0.1) is 0 Å². The van der Waals surface area contributed by atoms with Crippen LogP contribution in [-0.2, 0) is 4.79 Å². The lowest BCUT2D eigenvalue weighted by Gasteiger charge is -2.35. The quantitative estimate of drug-likeness (QED) is 0.872. The second-order valence-electron chi connectivity index (χ2n) is 6.68. The molecule has 0 radical (unpaired) electrons. The van der Waals surface area contributed by atoms with Crippen molar-refractivity contribution in [3.05, 3.63) is 18.0 Å². The molecular formula is C17H26N4O2. The number of piperidine rings is 1. The summed E-state index contributed by atoms with van der Waals surface area (Å²) in [5.74, 6) is 0.433. The van der Waals surface area contributed by atoms with E-state index in [0.29, 0.717) is 12.2 Å². The summed E-state index contributed by atoms with van der Waals surface area (Å²) in [6.45, 7) is 1.45. The Morgan fingerprint density at radius 2 is 2.00 bits per heavy atom. The fourth-order valence-electron chi connectivity index (χ4n) is 3.79. The smallest absolute Gasteiger partial charge is 0.272 e. The summed E-state index contributed by atoms with van der Waals surface area (Å²) >= 11 is 0. The topological polar surface area (TPSA) is 78.1 Å². The van der Waals surface area contributed by atoms with E-state index in [0.717, 1.165) is 45.1 Å². The highest BCUT2D eigenvalue weighted by molar-refractivity contribution is 5.92. The SMILES string of the molecule is O=C(NCC[C@@H]1CCCCN1C(=O)c1ccn[nH]1)C1CCCC1. The van der Waals surface area contributed by atoms with E-state index in [1.807, 2.05) is 4.90 Å². The lowest BCUT2D eigenvalue weighted by Crippen LogP contribution is -2.45. The minimum atomic E-state index is 0.0225. The Hall–Kier alpha value is -1.85. The van der Waals surface area contributed by atoms with Crippen molar-refractivity contribution in [1.82, 2.24) is 20.4 Å². The maximum Gasteiger partial charge on any atom is 0.272 e. The van der Waals surface area contributed by atoms with Crippen LogP contribution in [0.5, 0.6) is 0 Å². The highest BCUT2D eigenvalue weighted by Gasteiger charge is 2.28. The van der Waals surface area contributed by atoms with Gasteiger partial charge in [-0.2, -0.15) is 5.10 Å². The maximum absolute atomic E-state index is 12.5. The third kappa shape index (κ3) is 3.92. The molecule has 6 nitrogen and oxygen atoms in total. The van der Waals surface area contributed by atoms with Crippen LogP contribution in [0.15, 0.2) is 12.3 Å². The van der Waals surface area contributed by atoms with Gasteiger partial charge in [-0.15, -0.1) is 0 Å². The Morgan fingerprint density at radius 3 is 2.74 bits per heavy atom. The van der Waals surface area contributed by atoms with Gasteiger partial charge in [-0.3, -0.25) is 14.7 Å². The van der Waals surface area contributed by atoms with Crippen LogP contribution in [0.3, 0.4) is 0 Å². The number of likely N-dealkylation sites (tertiary alicyclic amines) is 1. The monoisotopic (exact) mass is 318 g/mol. The zero-order valence-corrected chi connectivity index (χ0v) is 13.6. The Morgan fingerprint density at radius 1 is 1.22 bits per heavy atom. The average Bonchev–Trinajstić information content (AvgIpc) is 3.28. The van der Waals surface area contributed by atoms with Crippen molar-refractivity contribution in [3.8, 4) is 0 Å². The van der Waals surface area contributed by atoms with Gasteiger partial charge in [-0.25, -0.2) is 0 Å². The van der Waals surface area contributed by atoms with Crippen LogP contribution < -0.4 is 5.32 Å². The number of amides is 2. The molecule has 1 aliphatic carbocycles. The summed E-state index contributed by atoms with van der Waals surface area (Å²) in [6, 6.07) is 1.93. The predicted molar refractivity (Wildman–Crippen MR) is 86.8 cm³/mol. The van der Waals surface area contributed by atoms with Gasteiger partial charge >= 0.3 is 0 Å². The minimum Gasteiger partial charge on any atom is -0.356 e. The second kappa shape index (κ2) is 7.62. The first kappa shape index (κ1) is 16.0. The second-order valence-corrected chi connectivity index (χ2v) is 6.68. The van der Waals surface area contributed by atoms with Gasteiger partial charge in [0.2, 0.25) is 5.91 Å². The van der Waals surface area contributed by atoms with Crippen molar-refractivity contribution < 1.29 is 9.59 Å². The fraction of sp³-hybridized carbons (Fsp3) is 0.706. The van der Waals surface area contributed by atoms with E-state index >= 15 is 0 Å². The number of hydrogen-bond donors (Lipinski definition) is 2. The van der Waals surface area contributed by atoms with E-state index < -0.39 is 0 Å². The van der Waals surface area contributed by atoms with Gasteiger partial charge in [0.1, 0.15) is 5.69 Å². The van der Waals surface area contributed by atoms with Crippen LogP contribution in [0, 0.1) is 5.92 Å². The molecule has 0 spiro atoms. The van der Waals surface area contributed by atoms with Crippen molar-refractivity contribution in [3.63, 3.8) is 0 Å². The van der Waals surface area contributed by atoms with Crippen LogP contribution >= 0.6 is 0 Å². The predicted octanol–water partition coefficient (Wildman–Crippen LogP) is 2.10. The standard InChI is InChI=1S/C17H26N4O2/c22-16(13-5-1-2-6-13)18-10-8-14-7-3-4-12-21(14)17(23)15-9-11-19-20-15/h9,11,13-14H,1-8,10,12H2,(H,18,22)(H,19,20)/t14-/m0/s1. The first-order valence-corrected chi connectivity index (χ1v) is 8.84. The zero-order chi connectivity index (χ0) is 16.1. The molecule has 1 aliphatic heterocycles. The molecular weight excluding hydrogens is 292 g/mol. The Kier molecular flexibility index (Phi) is 5.31. The lowest BCUT2D eigenvalue weighted by atomic mass is 9.98. The highest BCUT2D eigenvalue weighted by atomic mass is 16.2. The van der Waals surface area contributed by atoms with Gasteiger partial charge in [0, 0.05) is 31.2 Å². The molecule has 0 aromatic carbocycles. The van der Waals surface area contributed by atoms with Crippen LogP contribution in [-0.4, -0.2) is 46.0 Å². The number of rotatable bonds is 5. The lowest BCUT2D eigenvalue weighted by molar-refractivity contribution is -0.124. The molecule has 0 unspecified atom stereocenters. The van der Waals surface area contributed by atoms with E-state index in [4.69, 9.17) is 0 Å². The molecule has 2 fully saturated rings. The number of aromatic amines is 1. The number of hydrogen-bond acceptors (Lipinski definition) is 3. The molecule has 1 atom stereocenters. The summed E-state index contributed by atoms with van der Waals surface area (Å²) < 4.78 is 0. The molecule has 0 bridgehead atoms. The van der Waals surface area contributed by atoms with E-state index in [-0.39, 0.29) is 23.8 Å². The molecule has 1 saturated heterocycles. The van der Waals surface area contributed by atoms with Crippen molar-refractivity contribution in [2.45, 2.75) is 57.4 Å². The minimum absolute atomic E-state index is 0.0225. The van der Waals surface area contributed by atoms with Crippen LogP contribution in [0.2, 0.25) is 0 Å². The molecule has 126 valence electrons. The van der Waals surface area contributed by atoms with E-state index in [9.17, 15) is 9.59 Å². The zero-order valence-electron chi connectivity index (χ0n) is 13.6. The number of aromatic nitrogens is 2. The molecule has 6 heteroatoms. The third-order valence-electron chi connectivity index (χ3n) is 5.12. The van der Waals surface area contributed by atoms with Crippen molar-refractivity contribution >= 4 is 11.8 Å². The van der Waals surface area contributed by atoms with Gasteiger partial charge in [-0.05, 0) is 44.6 Å². The highest BCUT2D eigenvalue weighted by Crippen LogP contribution is 2.25. The van der Waals surface area contributed by atoms with Crippen molar-refractivity contribution in [2.24, 2.45) is 5.92 Å². The first-order valence-electron chi connectivity index (χ1n) is 8.84. The number of nitrogens with one attached hydrogen (secondary N) is 2. The van der Waals surface area contributed by atoms with Gasteiger partial charge < -0.3 is 10.2 Å². The molecule has 1 aromatic heterocycles. The molecule has 2 heterocycles. The fourth-order valence-corrected chi connectivity index (χ4v) is 3.79. The van der Waals surface area contributed by atoms with Gasteiger partial charge in [-0.1, -0.05) is 12.8 Å². The number of nitrogens with zero attached hydrogens (tertiary/aromatic N) is 2. The normalized spacial score (nSPS) is 22.3. The van der Waals surface area contributed by atoms with Gasteiger partial charge in [0.15, 0.2) is 0 Å². The van der Waals surface area contributed by atoms with Crippen molar-refractivity contribution in [1.29, 1.82) is 0 Å². The summed E-state index contributed by atoms with van der Waals surface area (Å²) in [5.41, 5.74) is 0.548. The molecule has 3 rings (SSSR count). The summed E-state index contributed by atoms with van der Waals surface area (Å²) in [6.07, 6.45) is 10.0. The van der Waals surface area contributed by atoms with E-state index in [2.05, 4.69) is 15.5 Å². The molecule has 2 N–H and O–H groups in total. The molecule has 1 saturated carbocycles. The van der Waals surface area contributed by atoms with Crippen LogP contribution in [0.4, 0.5) is 0 Å². The van der Waals surface area contributed by atoms with Crippen molar-refractivity contribution in [2.75, 3.05) is 13.1 Å². The van der Waals surface area contributed by atoms with E-state index in [1.165, 1.54) is 12.8 Å². The summed E-state index contributed by atoms with van der Waals surface area (Å²) in [4.78, 5) is 26.6. The summed E-state index contributed by atoms with van der Waals surface area (Å²) in [7, 11) is 0. The maximum atomic E-state index is 12.5. The first-order chi connectivity index (χ1) is 11.3. The van der Waals surface area contributed by atoms with Crippen LogP contribution in [0.1, 0.15) is 61.9 Å². The Balaban J connectivity index is 1.50. The molecule has 2 amide bonds. The third-order valence-corrected chi connectivity index (χ3v) is 5.12. The number of carbonyl (C=O) groups excluding carboxylic acids is 2. The molecule has 1 aromatic rings. The average molecular weight is 318 g/mol. The number of H-pyrrole nitrogens is 1. The van der Waals surface area contributed by atoms with E-state index in [1.54, 1.807) is 12.3 Å². The molecule has 2 aliphatic rings. The van der Waals surface area contributed by atoms with Crippen LogP contribution in [0.25, 0.3) is 0 Å². The Labute approximate surface area is 137 Å². The Bertz CT molecular complexity index is 523. The molecule has 23 heavy (non-hydrogen) atoms. The summed E-state index contributed by atoms with van der Waals surface area (Å²) in [5, 5.41) is 9.69. The largest absolute Gasteiger partial charge is 0.356 e.